The standard InChI is InChI=1S/C22H34O/c1-21-12-9-17(23)14-16(21)5-7-18-19(21)10-13-22-11-3-2-4-15(22)6-8-20(18)22/h2,4,15-20,23H,3,5-14H2,1H3/t15-,16-,17+,18+,19-,20-,21-,22-/m0/s1. The highest BCUT2D eigenvalue weighted by Gasteiger charge is 2.61. The number of aliphatic hydroxyl groups is 1. The minimum absolute atomic E-state index is 0.00102. The lowest BCUT2D eigenvalue weighted by Gasteiger charge is -2.61. The summed E-state index contributed by atoms with van der Waals surface area (Å²) >= 11 is 0. The Morgan fingerprint density at radius 1 is 0.913 bits per heavy atom. The Hall–Kier alpha value is -0.300. The predicted molar refractivity (Wildman–Crippen MR) is 93.9 cm³/mol. The predicted octanol–water partition coefficient (Wildman–Crippen LogP) is 5.34. The minimum atomic E-state index is -0.00102. The molecule has 0 radical (unpaired) electrons. The molecule has 128 valence electrons. The largest absolute Gasteiger partial charge is 0.393 e. The van der Waals surface area contributed by atoms with Crippen LogP contribution in [0, 0.1) is 40.4 Å². The fourth-order valence-electron chi connectivity index (χ4n) is 8.48. The zero-order valence-corrected chi connectivity index (χ0v) is 14.8. The van der Waals surface area contributed by atoms with Crippen LogP contribution in [0.15, 0.2) is 12.2 Å². The molecule has 0 aromatic heterocycles. The quantitative estimate of drug-likeness (QED) is 0.599. The molecule has 5 aliphatic carbocycles. The second-order valence-corrected chi connectivity index (χ2v) is 10.0. The van der Waals surface area contributed by atoms with Gasteiger partial charge < -0.3 is 5.11 Å². The molecule has 0 bridgehead atoms. The highest BCUT2D eigenvalue weighted by molar-refractivity contribution is 5.16. The Morgan fingerprint density at radius 3 is 2.74 bits per heavy atom. The minimum Gasteiger partial charge on any atom is -0.393 e. The van der Waals surface area contributed by atoms with E-state index in [2.05, 4.69) is 19.1 Å². The van der Waals surface area contributed by atoms with Crippen molar-refractivity contribution in [3.05, 3.63) is 12.2 Å². The molecule has 5 aliphatic rings. The Morgan fingerprint density at radius 2 is 1.83 bits per heavy atom. The normalized spacial score (nSPS) is 58.0. The first-order valence-electron chi connectivity index (χ1n) is 10.5. The fourth-order valence-corrected chi connectivity index (χ4v) is 8.48. The Kier molecular flexibility index (Phi) is 3.32. The molecule has 0 aliphatic heterocycles. The van der Waals surface area contributed by atoms with Crippen molar-refractivity contribution in [1.29, 1.82) is 0 Å². The van der Waals surface area contributed by atoms with Gasteiger partial charge in [0.1, 0.15) is 0 Å². The third kappa shape index (κ3) is 1.95. The summed E-state index contributed by atoms with van der Waals surface area (Å²) in [6.45, 7) is 2.62. The molecule has 0 saturated heterocycles. The van der Waals surface area contributed by atoms with Gasteiger partial charge in [0, 0.05) is 0 Å². The molecule has 1 N–H and O–H groups in total. The van der Waals surface area contributed by atoms with Gasteiger partial charge >= 0.3 is 0 Å². The lowest BCUT2D eigenvalue weighted by molar-refractivity contribution is -0.130. The first kappa shape index (κ1) is 15.0. The molecule has 5 rings (SSSR count). The summed E-state index contributed by atoms with van der Waals surface area (Å²) in [7, 11) is 0. The van der Waals surface area contributed by atoms with Crippen LogP contribution in [0.4, 0.5) is 0 Å². The van der Waals surface area contributed by atoms with Gasteiger partial charge in [-0.25, -0.2) is 0 Å². The topological polar surface area (TPSA) is 20.2 Å². The highest BCUT2D eigenvalue weighted by atomic mass is 16.3. The zero-order chi connectivity index (χ0) is 15.7. The van der Waals surface area contributed by atoms with E-state index in [0.29, 0.717) is 10.8 Å². The van der Waals surface area contributed by atoms with Crippen LogP contribution < -0.4 is 0 Å². The summed E-state index contributed by atoms with van der Waals surface area (Å²) in [5.74, 6) is 4.73. The third-order valence-electron chi connectivity index (χ3n) is 9.57. The lowest BCUT2D eigenvalue weighted by Crippen LogP contribution is -2.54. The van der Waals surface area contributed by atoms with E-state index in [-0.39, 0.29) is 6.10 Å². The number of allylic oxidation sites excluding steroid dienone is 2. The summed E-state index contributed by atoms with van der Waals surface area (Å²) in [5, 5.41) is 10.2. The molecular formula is C22H34O. The SMILES string of the molecule is C[C@]12CC[C@@H](O)C[C@@H]1CC[C@@H]1[C@@H]2CC[C@@]23CCC=C[C@H]2CC[C@@H]13. The van der Waals surface area contributed by atoms with Gasteiger partial charge in [0.2, 0.25) is 0 Å². The van der Waals surface area contributed by atoms with Crippen molar-refractivity contribution in [3.8, 4) is 0 Å². The Balaban J connectivity index is 1.46. The van der Waals surface area contributed by atoms with Crippen molar-refractivity contribution in [1.82, 2.24) is 0 Å². The maximum absolute atomic E-state index is 10.2. The summed E-state index contributed by atoms with van der Waals surface area (Å²) in [4.78, 5) is 0. The highest BCUT2D eigenvalue weighted by Crippen LogP contribution is 2.69. The van der Waals surface area contributed by atoms with E-state index >= 15 is 0 Å². The van der Waals surface area contributed by atoms with Gasteiger partial charge in [-0.1, -0.05) is 19.1 Å². The first-order chi connectivity index (χ1) is 11.1. The van der Waals surface area contributed by atoms with Crippen LogP contribution in [0.25, 0.3) is 0 Å². The van der Waals surface area contributed by atoms with Crippen LogP contribution in [0.1, 0.15) is 77.6 Å². The molecule has 0 aromatic rings. The molecule has 23 heavy (non-hydrogen) atoms. The first-order valence-corrected chi connectivity index (χ1v) is 10.5. The molecule has 0 aromatic carbocycles. The third-order valence-corrected chi connectivity index (χ3v) is 9.57. The van der Waals surface area contributed by atoms with Crippen LogP contribution in [0.3, 0.4) is 0 Å². The molecular weight excluding hydrogens is 280 g/mol. The van der Waals surface area contributed by atoms with Crippen LogP contribution in [0.5, 0.6) is 0 Å². The molecule has 0 unspecified atom stereocenters. The maximum atomic E-state index is 10.2. The second kappa shape index (κ2) is 5.10. The van der Waals surface area contributed by atoms with Crippen LogP contribution in [-0.4, -0.2) is 11.2 Å². The number of hydrogen-bond acceptors (Lipinski definition) is 1. The molecule has 1 spiro atoms. The van der Waals surface area contributed by atoms with E-state index in [4.69, 9.17) is 0 Å². The summed E-state index contributed by atoms with van der Waals surface area (Å²) < 4.78 is 0. The van der Waals surface area contributed by atoms with Crippen molar-refractivity contribution in [2.24, 2.45) is 40.4 Å². The zero-order valence-electron chi connectivity index (χ0n) is 14.8. The van der Waals surface area contributed by atoms with E-state index in [1.807, 2.05) is 0 Å². The van der Waals surface area contributed by atoms with Gasteiger partial charge in [-0.3, -0.25) is 0 Å². The molecule has 4 saturated carbocycles. The number of fused-ring (bicyclic) bond motifs is 4. The van der Waals surface area contributed by atoms with Crippen molar-refractivity contribution in [2.45, 2.75) is 83.7 Å². The van der Waals surface area contributed by atoms with Crippen LogP contribution in [-0.2, 0) is 0 Å². The van der Waals surface area contributed by atoms with E-state index in [0.717, 1.165) is 42.4 Å². The lowest BCUT2D eigenvalue weighted by atomic mass is 9.43. The average molecular weight is 315 g/mol. The van der Waals surface area contributed by atoms with Gasteiger partial charge in [0.05, 0.1) is 6.10 Å². The van der Waals surface area contributed by atoms with Crippen LogP contribution >= 0.6 is 0 Å². The van der Waals surface area contributed by atoms with Gasteiger partial charge in [0.15, 0.2) is 0 Å². The van der Waals surface area contributed by atoms with E-state index in [1.165, 1.54) is 57.8 Å². The van der Waals surface area contributed by atoms with Crippen molar-refractivity contribution >= 4 is 0 Å². The second-order valence-electron chi connectivity index (χ2n) is 10.0. The van der Waals surface area contributed by atoms with E-state index < -0.39 is 0 Å². The molecule has 4 fully saturated rings. The summed E-state index contributed by atoms with van der Waals surface area (Å²) in [5.41, 5.74) is 1.25. The Bertz CT molecular complexity index is 510. The van der Waals surface area contributed by atoms with Crippen LogP contribution in [0.2, 0.25) is 0 Å². The van der Waals surface area contributed by atoms with Gasteiger partial charge in [-0.15, -0.1) is 0 Å². The van der Waals surface area contributed by atoms with Crippen molar-refractivity contribution in [2.75, 3.05) is 0 Å². The maximum Gasteiger partial charge on any atom is 0.0543 e. The van der Waals surface area contributed by atoms with Crippen molar-refractivity contribution in [3.63, 3.8) is 0 Å². The number of hydrogen-bond donors (Lipinski definition) is 1. The number of rotatable bonds is 0. The summed E-state index contributed by atoms with van der Waals surface area (Å²) in [6, 6.07) is 0. The number of aliphatic hydroxyl groups excluding tert-OH is 1. The monoisotopic (exact) mass is 314 g/mol. The van der Waals surface area contributed by atoms with Gasteiger partial charge in [-0.05, 0) is 111 Å². The van der Waals surface area contributed by atoms with Gasteiger partial charge in [0.25, 0.3) is 0 Å². The molecule has 0 heterocycles. The Labute approximate surface area is 141 Å². The average Bonchev–Trinajstić information content (AvgIpc) is 2.95. The fraction of sp³-hybridized carbons (Fsp3) is 0.909. The molecule has 0 amide bonds. The molecule has 8 atom stereocenters. The smallest absolute Gasteiger partial charge is 0.0543 e. The molecule has 1 heteroatoms. The van der Waals surface area contributed by atoms with Crippen molar-refractivity contribution < 1.29 is 5.11 Å². The van der Waals surface area contributed by atoms with E-state index in [9.17, 15) is 5.11 Å². The molecule has 1 nitrogen and oxygen atoms in total. The van der Waals surface area contributed by atoms with E-state index in [1.54, 1.807) is 0 Å². The van der Waals surface area contributed by atoms with Gasteiger partial charge in [-0.2, -0.15) is 0 Å². The summed E-state index contributed by atoms with van der Waals surface area (Å²) in [6.07, 6.45) is 20.2.